The number of carbonyl (C=O) groups excluding carboxylic acids is 2. The van der Waals surface area contributed by atoms with Gasteiger partial charge >= 0.3 is 0 Å². The van der Waals surface area contributed by atoms with Crippen molar-refractivity contribution in [1.82, 2.24) is 15.0 Å². The summed E-state index contributed by atoms with van der Waals surface area (Å²) in [6.45, 7) is 1.47. The third-order valence-electron chi connectivity index (χ3n) is 5.10. The van der Waals surface area contributed by atoms with E-state index in [-0.39, 0.29) is 17.6 Å². The minimum Gasteiger partial charge on any atom is -0.459 e. The van der Waals surface area contributed by atoms with Gasteiger partial charge in [0.2, 0.25) is 5.91 Å². The van der Waals surface area contributed by atoms with Gasteiger partial charge in [0.15, 0.2) is 11.4 Å². The Balaban J connectivity index is 1.43. The predicted octanol–water partition coefficient (Wildman–Crippen LogP) is 5.75. The molecule has 3 N–H and O–H groups in total. The van der Waals surface area contributed by atoms with Gasteiger partial charge in [-0.3, -0.25) is 9.59 Å². The zero-order valence-corrected chi connectivity index (χ0v) is 18.7. The van der Waals surface area contributed by atoms with Crippen molar-refractivity contribution < 1.29 is 14.0 Å². The van der Waals surface area contributed by atoms with E-state index in [1.54, 1.807) is 36.5 Å². The van der Waals surface area contributed by atoms with Gasteiger partial charge in [-0.25, -0.2) is 9.97 Å². The molecule has 168 valence electrons. The average Bonchev–Trinajstić information content (AvgIpc) is 3.50. The van der Waals surface area contributed by atoms with Gasteiger partial charge in [-0.1, -0.05) is 23.7 Å². The van der Waals surface area contributed by atoms with Gasteiger partial charge in [0.1, 0.15) is 5.82 Å². The largest absolute Gasteiger partial charge is 0.459 e. The lowest BCUT2D eigenvalue weighted by atomic mass is 10.1. The van der Waals surface area contributed by atoms with Gasteiger partial charge in [0, 0.05) is 35.6 Å². The number of rotatable bonds is 5. The summed E-state index contributed by atoms with van der Waals surface area (Å²) in [6, 6.07) is 17.8. The molecule has 0 aliphatic rings. The van der Waals surface area contributed by atoms with Crippen molar-refractivity contribution in [2.45, 2.75) is 6.92 Å². The van der Waals surface area contributed by atoms with Crippen LogP contribution in [0.4, 0.5) is 11.4 Å². The highest BCUT2D eigenvalue weighted by molar-refractivity contribution is 6.33. The molecule has 3 heterocycles. The van der Waals surface area contributed by atoms with Gasteiger partial charge in [-0.05, 0) is 54.1 Å². The average molecular weight is 472 g/mol. The minimum atomic E-state index is -0.362. The number of hydrogen-bond donors (Lipinski definition) is 3. The number of aromatic amines is 1. The maximum atomic E-state index is 12.3. The number of pyridine rings is 1. The van der Waals surface area contributed by atoms with Gasteiger partial charge < -0.3 is 20.0 Å². The number of nitrogens with zero attached hydrogens (tertiary/aromatic N) is 2. The predicted molar refractivity (Wildman–Crippen MR) is 131 cm³/mol. The van der Waals surface area contributed by atoms with Crippen LogP contribution in [-0.4, -0.2) is 26.8 Å². The summed E-state index contributed by atoms with van der Waals surface area (Å²) in [5.74, 6) is 0.254. The molecule has 34 heavy (non-hydrogen) atoms. The van der Waals surface area contributed by atoms with Crippen molar-refractivity contribution in [3.05, 3.63) is 83.9 Å². The number of furan rings is 1. The van der Waals surface area contributed by atoms with Crippen molar-refractivity contribution in [3.8, 4) is 22.5 Å². The number of H-pyrrole nitrogens is 1. The molecule has 9 heteroatoms. The molecule has 5 aromatic rings. The molecule has 2 amide bonds. The van der Waals surface area contributed by atoms with Crippen LogP contribution >= 0.6 is 11.6 Å². The molecular weight excluding hydrogens is 454 g/mol. The first-order chi connectivity index (χ1) is 16.5. The van der Waals surface area contributed by atoms with Crippen LogP contribution in [0.2, 0.25) is 5.02 Å². The number of hydrogen-bond acceptors (Lipinski definition) is 5. The lowest BCUT2D eigenvalue weighted by Gasteiger charge is -2.07. The minimum absolute atomic E-state index is 0.121. The van der Waals surface area contributed by atoms with Crippen LogP contribution in [0.5, 0.6) is 0 Å². The molecule has 0 aliphatic heterocycles. The molecule has 5 rings (SSSR count). The molecule has 3 aromatic heterocycles. The Morgan fingerprint density at radius 1 is 0.971 bits per heavy atom. The summed E-state index contributed by atoms with van der Waals surface area (Å²) >= 11 is 6.43. The Bertz CT molecular complexity index is 1510. The molecule has 0 saturated heterocycles. The first-order valence-corrected chi connectivity index (χ1v) is 10.7. The third-order valence-corrected chi connectivity index (χ3v) is 5.43. The lowest BCUT2D eigenvalue weighted by Crippen LogP contribution is -2.10. The summed E-state index contributed by atoms with van der Waals surface area (Å²) in [5.41, 5.74) is 5.01. The zero-order chi connectivity index (χ0) is 23.7. The molecule has 0 unspecified atom stereocenters. The summed E-state index contributed by atoms with van der Waals surface area (Å²) in [6.07, 6.45) is 3.18. The topological polar surface area (TPSA) is 113 Å². The van der Waals surface area contributed by atoms with Crippen molar-refractivity contribution in [2.24, 2.45) is 0 Å². The molecule has 8 nitrogen and oxygen atoms in total. The van der Waals surface area contributed by atoms with Crippen molar-refractivity contribution in [1.29, 1.82) is 0 Å². The maximum Gasteiger partial charge on any atom is 0.291 e. The summed E-state index contributed by atoms with van der Waals surface area (Å²) in [7, 11) is 0. The monoisotopic (exact) mass is 471 g/mol. The van der Waals surface area contributed by atoms with Gasteiger partial charge in [0.25, 0.3) is 5.91 Å². The number of aromatic nitrogens is 3. The lowest BCUT2D eigenvalue weighted by molar-refractivity contribution is -0.114. The van der Waals surface area contributed by atoms with Crippen LogP contribution in [0.1, 0.15) is 17.5 Å². The molecule has 2 aromatic carbocycles. The fourth-order valence-electron chi connectivity index (χ4n) is 3.52. The fourth-order valence-corrected chi connectivity index (χ4v) is 3.73. The first kappa shape index (κ1) is 21.4. The highest BCUT2D eigenvalue weighted by Crippen LogP contribution is 2.31. The molecule has 0 radical (unpaired) electrons. The van der Waals surface area contributed by atoms with Crippen LogP contribution in [0.15, 0.2) is 77.5 Å². The summed E-state index contributed by atoms with van der Waals surface area (Å²) in [4.78, 5) is 35.8. The standard InChI is InChI=1S/C25H18ClN5O3/c1-14(32)28-17-6-4-15(5-7-17)16-11-21-24(27-13-16)31-23(30-21)19-12-18(8-9-20(19)26)29-25(33)22-3-2-10-34-22/h2-13H,1H3,(H,28,32)(H,29,33)(H,27,30,31). The first-order valence-electron chi connectivity index (χ1n) is 10.3. The Morgan fingerprint density at radius 3 is 2.50 bits per heavy atom. The second-order valence-electron chi connectivity index (χ2n) is 7.57. The highest BCUT2D eigenvalue weighted by Gasteiger charge is 2.14. The Kier molecular flexibility index (Phi) is 5.57. The highest BCUT2D eigenvalue weighted by atomic mass is 35.5. The van der Waals surface area contributed by atoms with E-state index >= 15 is 0 Å². The van der Waals surface area contributed by atoms with Gasteiger partial charge in [-0.2, -0.15) is 0 Å². The number of anilines is 2. The van der Waals surface area contributed by atoms with E-state index in [0.29, 0.717) is 27.7 Å². The number of halogens is 1. The third kappa shape index (κ3) is 4.39. The van der Waals surface area contributed by atoms with Crippen molar-refractivity contribution in [2.75, 3.05) is 10.6 Å². The Morgan fingerprint density at radius 2 is 1.76 bits per heavy atom. The quantitative estimate of drug-likeness (QED) is 0.302. The molecule has 0 saturated carbocycles. The van der Waals surface area contributed by atoms with E-state index < -0.39 is 0 Å². The van der Waals surface area contributed by atoms with Crippen LogP contribution in [-0.2, 0) is 4.79 Å². The zero-order valence-electron chi connectivity index (χ0n) is 17.9. The smallest absolute Gasteiger partial charge is 0.291 e. The maximum absolute atomic E-state index is 12.3. The number of amides is 2. The van der Waals surface area contributed by atoms with E-state index in [9.17, 15) is 9.59 Å². The van der Waals surface area contributed by atoms with Gasteiger partial charge in [-0.15, -0.1) is 0 Å². The van der Waals surface area contributed by atoms with Crippen molar-refractivity contribution in [3.63, 3.8) is 0 Å². The van der Waals surface area contributed by atoms with Crippen LogP contribution in [0, 0.1) is 0 Å². The number of carbonyl (C=O) groups is 2. The summed E-state index contributed by atoms with van der Waals surface area (Å²) < 4.78 is 5.13. The number of benzene rings is 2. The molecule has 0 bridgehead atoms. The Labute approximate surface area is 199 Å². The Hall–Kier alpha value is -4.43. The van der Waals surface area contributed by atoms with Crippen molar-refractivity contribution >= 4 is 46.0 Å². The van der Waals surface area contributed by atoms with Crippen LogP contribution in [0.25, 0.3) is 33.7 Å². The van der Waals surface area contributed by atoms with Crippen LogP contribution in [0.3, 0.4) is 0 Å². The van der Waals surface area contributed by atoms with E-state index in [1.807, 2.05) is 30.3 Å². The normalized spacial score (nSPS) is 10.9. The van der Waals surface area contributed by atoms with E-state index in [4.69, 9.17) is 16.0 Å². The number of fused-ring (bicyclic) bond motifs is 1. The van der Waals surface area contributed by atoms with E-state index in [0.717, 1.165) is 22.3 Å². The van der Waals surface area contributed by atoms with Crippen LogP contribution < -0.4 is 10.6 Å². The second kappa shape index (κ2) is 8.84. The number of imidazole rings is 1. The van der Waals surface area contributed by atoms with Gasteiger partial charge in [0.05, 0.1) is 16.8 Å². The molecule has 0 fully saturated rings. The second-order valence-corrected chi connectivity index (χ2v) is 7.97. The summed E-state index contributed by atoms with van der Waals surface area (Å²) in [5, 5.41) is 6.01. The molecule has 0 atom stereocenters. The SMILES string of the molecule is CC(=O)Nc1ccc(-c2cnc3nc(-c4cc(NC(=O)c5ccco5)ccc4Cl)[nH]c3c2)cc1. The molecule has 0 spiro atoms. The fraction of sp³-hybridized carbons (Fsp3) is 0.0400. The molecular formula is C25H18ClN5O3. The molecule has 0 aliphatic carbocycles. The number of nitrogens with one attached hydrogen (secondary N) is 3. The van der Waals surface area contributed by atoms with E-state index in [1.165, 1.54) is 13.2 Å². The van der Waals surface area contributed by atoms with E-state index in [2.05, 4.69) is 25.6 Å².